The first-order valence-electron chi connectivity index (χ1n) is 6.92. The molecule has 0 amide bonds. The third-order valence-corrected chi connectivity index (χ3v) is 4.67. The number of hydrogen-bond donors (Lipinski definition) is 0. The summed E-state index contributed by atoms with van der Waals surface area (Å²) in [6.45, 7) is 5.45. The molecule has 2 heteroatoms. The van der Waals surface area contributed by atoms with Gasteiger partial charge in [0.25, 0.3) is 0 Å². The van der Waals surface area contributed by atoms with E-state index < -0.39 is 0 Å². The van der Waals surface area contributed by atoms with Gasteiger partial charge in [-0.05, 0) is 50.4 Å². The van der Waals surface area contributed by atoms with Crippen molar-refractivity contribution in [2.75, 3.05) is 19.6 Å². The minimum atomic E-state index is -0.0754. The van der Waals surface area contributed by atoms with E-state index in [-0.39, 0.29) is 5.41 Å². The van der Waals surface area contributed by atoms with E-state index in [9.17, 15) is 0 Å². The summed E-state index contributed by atoms with van der Waals surface area (Å²) in [7, 11) is 0. The molecule has 1 saturated heterocycles. The zero-order chi connectivity index (χ0) is 12.6. The molecular formula is C16H20N2. The van der Waals surface area contributed by atoms with Gasteiger partial charge in [0.15, 0.2) is 0 Å². The molecule has 1 unspecified atom stereocenters. The number of likely N-dealkylation sites (tertiary alicyclic amines) is 1. The fourth-order valence-corrected chi connectivity index (χ4v) is 3.18. The molecule has 1 aromatic rings. The first-order valence-corrected chi connectivity index (χ1v) is 6.92. The van der Waals surface area contributed by atoms with Crippen LogP contribution in [0.3, 0.4) is 0 Å². The lowest BCUT2D eigenvalue weighted by molar-refractivity contribution is 0.146. The maximum absolute atomic E-state index is 9.14. The van der Waals surface area contributed by atoms with Gasteiger partial charge in [-0.3, -0.25) is 0 Å². The van der Waals surface area contributed by atoms with Crippen molar-refractivity contribution in [2.45, 2.75) is 32.1 Å². The molecule has 94 valence electrons. The highest BCUT2D eigenvalue weighted by molar-refractivity contribution is 5.40. The minimum absolute atomic E-state index is 0.0754. The zero-order valence-electron chi connectivity index (χ0n) is 11.0. The summed E-state index contributed by atoms with van der Waals surface area (Å²) in [4.78, 5) is 2.54. The van der Waals surface area contributed by atoms with Crippen LogP contribution in [0.15, 0.2) is 24.3 Å². The number of rotatable bonds is 2. The van der Waals surface area contributed by atoms with E-state index in [0.717, 1.165) is 31.8 Å². The molecule has 1 aromatic carbocycles. The van der Waals surface area contributed by atoms with E-state index in [1.807, 2.05) is 0 Å². The molecule has 1 heterocycles. The maximum atomic E-state index is 9.14. The van der Waals surface area contributed by atoms with Gasteiger partial charge in [-0.1, -0.05) is 24.3 Å². The molecule has 1 aliphatic carbocycles. The highest BCUT2D eigenvalue weighted by atomic mass is 15.1. The Bertz CT molecular complexity index is 478. The molecule has 0 spiro atoms. The van der Waals surface area contributed by atoms with Gasteiger partial charge in [-0.15, -0.1) is 0 Å². The van der Waals surface area contributed by atoms with E-state index in [1.54, 1.807) is 5.56 Å². The van der Waals surface area contributed by atoms with Crippen molar-refractivity contribution in [1.29, 1.82) is 5.26 Å². The molecule has 0 radical (unpaired) electrons. The first kappa shape index (κ1) is 11.7. The maximum Gasteiger partial charge on any atom is 0.0687 e. The van der Waals surface area contributed by atoms with Crippen molar-refractivity contribution >= 4 is 0 Å². The van der Waals surface area contributed by atoms with Crippen LogP contribution in [0, 0.1) is 16.7 Å². The predicted octanol–water partition coefficient (Wildman–Crippen LogP) is 2.95. The van der Waals surface area contributed by atoms with Crippen LogP contribution in [0.25, 0.3) is 0 Å². The molecule has 2 aliphatic rings. The molecule has 1 aliphatic heterocycles. The number of piperidine rings is 1. The molecule has 0 saturated carbocycles. The van der Waals surface area contributed by atoms with Crippen LogP contribution in [0.4, 0.5) is 0 Å². The smallest absolute Gasteiger partial charge is 0.0687 e. The van der Waals surface area contributed by atoms with Crippen LogP contribution < -0.4 is 0 Å². The summed E-state index contributed by atoms with van der Waals surface area (Å²) in [5.41, 5.74) is 3.00. The summed E-state index contributed by atoms with van der Waals surface area (Å²) in [5, 5.41) is 9.14. The van der Waals surface area contributed by atoms with Crippen molar-refractivity contribution < 1.29 is 0 Å². The van der Waals surface area contributed by atoms with Crippen molar-refractivity contribution in [2.24, 2.45) is 5.41 Å². The minimum Gasteiger partial charge on any atom is -0.303 e. The molecule has 0 aromatic heterocycles. The van der Waals surface area contributed by atoms with Crippen LogP contribution in [0.5, 0.6) is 0 Å². The lowest BCUT2D eigenvalue weighted by Gasteiger charge is -2.39. The SMILES string of the molecule is CC1(C#N)CCN(CC2Cc3ccccc32)CC1. The Morgan fingerprint density at radius 1 is 1.33 bits per heavy atom. The van der Waals surface area contributed by atoms with E-state index in [1.165, 1.54) is 18.5 Å². The molecule has 1 fully saturated rings. The predicted molar refractivity (Wildman–Crippen MR) is 72.3 cm³/mol. The highest BCUT2D eigenvalue weighted by Crippen LogP contribution is 2.37. The Hall–Kier alpha value is -1.33. The standard InChI is InChI=1S/C16H20N2/c1-16(12-17)6-8-18(9-7-16)11-14-10-13-4-2-3-5-15(13)14/h2-5,14H,6-11H2,1H3. The molecule has 1 atom stereocenters. The summed E-state index contributed by atoms with van der Waals surface area (Å²) >= 11 is 0. The van der Waals surface area contributed by atoms with Gasteiger partial charge in [0.05, 0.1) is 11.5 Å². The number of benzene rings is 1. The Kier molecular flexibility index (Phi) is 2.87. The number of nitrogens with zero attached hydrogens (tertiary/aromatic N) is 2. The normalized spacial score (nSPS) is 25.9. The van der Waals surface area contributed by atoms with Gasteiger partial charge in [0, 0.05) is 12.5 Å². The second-order valence-electron chi connectivity index (χ2n) is 6.07. The van der Waals surface area contributed by atoms with Crippen LogP contribution in [-0.2, 0) is 6.42 Å². The van der Waals surface area contributed by atoms with Crippen molar-refractivity contribution in [3.63, 3.8) is 0 Å². The number of fused-ring (bicyclic) bond motifs is 1. The van der Waals surface area contributed by atoms with E-state index in [2.05, 4.69) is 42.2 Å². The molecule has 3 rings (SSSR count). The second kappa shape index (κ2) is 4.40. The summed E-state index contributed by atoms with van der Waals surface area (Å²) in [6.07, 6.45) is 3.29. The lowest BCUT2D eigenvalue weighted by Crippen LogP contribution is -2.41. The highest BCUT2D eigenvalue weighted by Gasteiger charge is 2.33. The summed E-state index contributed by atoms with van der Waals surface area (Å²) in [6, 6.07) is 11.3. The van der Waals surface area contributed by atoms with Gasteiger partial charge in [-0.25, -0.2) is 0 Å². The third kappa shape index (κ3) is 2.04. The van der Waals surface area contributed by atoms with Crippen LogP contribution >= 0.6 is 0 Å². The van der Waals surface area contributed by atoms with Crippen molar-refractivity contribution in [3.8, 4) is 6.07 Å². The van der Waals surface area contributed by atoms with Gasteiger partial charge < -0.3 is 4.90 Å². The average Bonchev–Trinajstić information content (AvgIpc) is 2.38. The zero-order valence-corrected chi connectivity index (χ0v) is 11.0. The molecule has 18 heavy (non-hydrogen) atoms. The van der Waals surface area contributed by atoms with Crippen molar-refractivity contribution in [3.05, 3.63) is 35.4 Å². The Balaban J connectivity index is 1.57. The monoisotopic (exact) mass is 240 g/mol. The molecular weight excluding hydrogens is 220 g/mol. The average molecular weight is 240 g/mol. The Labute approximate surface area is 109 Å². The van der Waals surface area contributed by atoms with Crippen LogP contribution in [0.2, 0.25) is 0 Å². The van der Waals surface area contributed by atoms with Crippen LogP contribution in [-0.4, -0.2) is 24.5 Å². The number of hydrogen-bond acceptors (Lipinski definition) is 2. The van der Waals surface area contributed by atoms with E-state index in [0.29, 0.717) is 0 Å². The van der Waals surface area contributed by atoms with Gasteiger partial charge in [0.2, 0.25) is 0 Å². The topological polar surface area (TPSA) is 27.0 Å². The number of nitriles is 1. The fraction of sp³-hybridized carbons (Fsp3) is 0.562. The molecule has 0 N–H and O–H groups in total. The summed E-state index contributed by atoms with van der Waals surface area (Å²) < 4.78 is 0. The molecule has 2 nitrogen and oxygen atoms in total. The third-order valence-electron chi connectivity index (χ3n) is 4.67. The quantitative estimate of drug-likeness (QED) is 0.794. The van der Waals surface area contributed by atoms with Crippen LogP contribution in [0.1, 0.15) is 36.8 Å². The fourth-order valence-electron chi connectivity index (χ4n) is 3.18. The van der Waals surface area contributed by atoms with Crippen molar-refractivity contribution in [1.82, 2.24) is 4.90 Å². The summed E-state index contributed by atoms with van der Waals surface area (Å²) in [5.74, 6) is 0.729. The first-order chi connectivity index (χ1) is 8.70. The largest absolute Gasteiger partial charge is 0.303 e. The second-order valence-corrected chi connectivity index (χ2v) is 6.07. The molecule has 0 bridgehead atoms. The Morgan fingerprint density at radius 2 is 2.06 bits per heavy atom. The van der Waals surface area contributed by atoms with Gasteiger partial charge >= 0.3 is 0 Å². The Morgan fingerprint density at radius 3 is 2.72 bits per heavy atom. The van der Waals surface area contributed by atoms with Gasteiger partial charge in [-0.2, -0.15) is 5.26 Å². The van der Waals surface area contributed by atoms with Gasteiger partial charge in [0.1, 0.15) is 0 Å². The lowest BCUT2D eigenvalue weighted by atomic mass is 9.76. The van der Waals surface area contributed by atoms with E-state index in [4.69, 9.17) is 5.26 Å². The van der Waals surface area contributed by atoms with E-state index >= 15 is 0 Å².